The summed E-state index contributed by atoms with van der Waals surface area (Å²) >= 11 is 4.69. The molecular formula is C10H13N3O2S. The second-order valence-electron chi connectivity index (χ2n) is 2.91. The fraction of sp³-hybridized carbons (Fsp3) is 0.200. The van der Waals surface area contributed by atoms with Gasteiger partial charge in [0, 0.05) is 11.4 Å². The molecule has 86 valence electrons. The van der Waals surface area contributed by atoms with Gasteiger partial charge >= 0.3 is 6.09 Å². The van der Waals surface area contributed by atoms with Gasteiger partial charge in [0.15, 0.2) is 5.11 Å². The Kier molecular flexibility index (Phi) is 4.53. The van der Waals surface area contributed by atoms with Gasteiger partial charge in [0.1, 0.15) is 0 Å². The minimum atomic E-state index is -0.474. The largest absolute Gasteiger partial charge is 0.450 e. The maximum atomic E-state index is 11.1. The highest BCUT2D eigenvalue weighted by atomic mass is 32.1. The second-order valence-corrected chi connectivity index (χ2v) is 3.35. The van der Waals surface area contributed by atoms with Gasteiger partial charge in [-0.2, -0.15) is 0 Å². The van der Waals surface area contributed by atoms with Gasteiger partial charge in [0.05, 0.1) is 6.61 Å². The first-order valence-electron chi connectivity index (χ1n) is 4.72. The van der Waals surface area contributed by atoms with Crippen molar-refractivity contribution in [3.05, 3.63) is 24.3 Å². The number of ether oxygens (including phenoxy) is 1. The predicted molar refractivity (Wildman–Crippen MR) is 67.5 cm³/mol. The molecule has 4 N–H and O–H groups in total. The van der Waals surface area contributed by atoms with Crippen LogP contribution in [-0.4, -0.2) is 17.8 Å². The molecule has 0 aromatic heterocycles. The Morgan fingerprint density at radius 1 is 1.31 bits per heavy atom. The molecule has 0 aliphatic heterocycles. The molecule has 0 heterocycles. The molecular weight excluding hydrogens is 226 g/mol. The SMILES string of the molecule is CCOC(=O)Nc1ccc(NC(N)=S)cc1. The molecule has 0 radical (unpaired) electrons. The van der Waals surface area contributed by atoms with E-state index in [2.05, 4.69) is 10.6 Å². The van der Waals surface area contributed by atoms with E-state index in [1.807, 2.05) is 0 Å². The number of carbonyl (C=O) groups excluding carboxylic acids is 1. The van der Waals surface area contributed by atoms with Crippen molar-refractivity contribution in [2.24, 2.45) is 5.73 Å². The second kappa shape index (κ2) is 5.92. The van der Waals surface area contributed by atoms with Crippen molar-refractivity contribution in [3.63, 3.8) is 0 Å². The van der Waals surface area contributed by atoms with Gasteiger partial charge in [-0.25, -0.2) is 4.79 Å². The molecule has 1 amide bonds. The van der Waals surface area contributed by atoms with Crippen LogP contribution in [0.25, 0.3) is 0 Å². The summed E-state index contributed by atoms with van der Waals surface area (Å²) in [6.45, 7) is 2.09. The first kappa shape index (κ1) is 12.3. The molecule has 1 aromatic carbocycles. The summed E-state index contributed by atoms with van der Waals surface area (Å²) in [5, 5.41) is 5.55. The lowest BCUT2D eigenvalue weighted by Gasteiger charge is -2.07. The maximum absolute atomic E-state index is 11.1. The fourth-order valence-corrected chi connectivity index (χ4v) is 1.18. The fourth-order valence-electron chi connectivity index (χ4n) is 1.06. The average molecular weight is 239 g/mol. The summed E-state index contributed by atoms with van der Waals surface area (Å²) in [6, 6.07) is 6.94. The zero-order chi connectivity index (χ0) is 12.0. The third kappa shape index (κ3) is 4.14. The summed E-state index contributed by atoms with van der Waals surface area (Å²) in [5.74, 6) is 0. The van der Waals surface area contributed by atoms with Crippen molar-refractivity contribution >= 4 is 34.8 Å². The molecule has 0 saturated heterocycles. The highest BCUT2D eigenvalue weighted by molar-refractivity contribution is 7.80. The molecule has 0 fully saturated rings. The highest BCUT2D eigenvalue weighted by Crippen LogP contribution is 2.13. The lowest BCUT2D eigenvalue weighted by Crippen LogP contribution is -2.18. The zero-order valence-electron chi connectivity index (χ0n) is 8.82. The van der Waals surface area contributed by atoms with Gasteiger partial charge < -0.3 is 15.8 Å². The van der Waals surface area contributed by atoms with Crippen molar-refractivity contribution in [1.29, 1.82) is 0 Å². The Morgan fingerprint density at radius 3 is 2.25 bits per heavy atom. The van der Waals surface area contributed by atoms with Crippen molar-refractivity contribution in [2.75, 3.05) is 17.2 Å². The number of amides is 1. The Balaban J connectivity index is 2.57. The normalized spacial score (nSPS) is 9.31. The highest BCUT2D eigenvalue weighted by Gasteiger charge is 2.01. The molecule has 0 aliphatic carbocycles. The van der Waals surface area contributed by atoms with Crippen LogP contribution in [0.5, 0.6) is 0 Å². The summed E-state index contributed by atoms with van der Waals surface area (Å²) in [7, 11) is 0. The number of nitrogens with one attached hydrogen (secondary N) is 2. The topological polar surface area (TPSA) is 76.4 Å². The summed E-state index contributed by atoms with van der Waals surface area (Å²) < 4.78 is 4.73. The molecule has 0 bridgehead atoms. The summed E-state index contributed by atoms with van der Waals surface area (Å²) in [5.41, 5.74) is 6.72. The van der Waals surface area contributed by atoms with Crippen LogP contribution in [0, 0.1) is 0 Å². The van der Waals surface area contributed by atoms with Crippen LogP contribution in [-0.2, 0) is 4.74 Å². The van der Waals surface area contributed by atoms with Crippen LogP contribution in [0.1, 0.15) is 6.92 Å². The molecule has 0 unspecified atom stereocenters. The number of thiocarbonyl (C=S) groups is 1. The molecule has 0 aliphatic rings. The molecule has 0 atom stereocenters. The minimum absolute atomic E-state index is 0.200. The van der Waals surface area contributed by atoms with Crippen LogP contribution >= 0.6 is 12.2 Å². The molecule has 1 aromatic rings. The van der Waals surface area contributed by atoms with Crippen molar-refractivity contribution in [1.82, 2.24) is 0 Å². The van der Waals surface area contributed by atoms with Crippen LogP contribution < -0.4 is 16.4 Å². The molecule has 1 rings (SSSR count). The molecule has 5 nitrogen and oxygen atoms in total. The zero-order valence-corrected chi connectivity index (χ0v) is 9.64. The number of benzene rings is 1. The monoisotopic (exact) mass is 239 g/mol. The Morgan fingerprint density at radius 2 is 1.81 bits per heavy atom. The van der Waals surface area contributed by atoms with E-state index in [1.165, 1.54) is 0 Å². The van der Waals surface area contributed by atoms with Gasteiger partial charge in [0.25, 0.3) is 0 Å². The number of anilines is 2. The quantitative estimate of drug-likeness (QED) is 0.702. The maximum Gasteiger partial charge on any atom is 0.411 e. The van der Waals surface area contributed by atoms with E-state index in [-0.39, 0.29) is 5.11 Å². The van der Waals surface area contributed by atoms with Crippen LogP contribution in [0.4, 0.5) is 16.2 Å². The average Bonchev–Trinajstić information content (AvgIpc) is 2.20. The van der Waals surface area contributed by atoms with E-state index in [0.717, 1.165) is 5.69 Å². The number of hydrogen-bond donors (Lipinski definition) is 3. The van der Waals surface area contributed by atoms with Gasteiger partial charge in [-0.15, -0.1) is 0 Å². The summed E-state index contributed by atoms with van der Waals surface area (Å²) in [6.07, 6.45) is -0.474. The van der Waals surface area contributed by atoms with E-state index < -0.39 is 6.09 Å². The Labute approximate surface area is 99.0 Å². The van der Waals surface area contributed by atoms with E-state index in [1.54, 1.807) is 31.2 Å². The molecule has 0 spiro atoms. The number of nitrogens with two attached hydrogens (primary N) is 1. The van der Waals surface area contributed by atoms with Gasteiger partial charge in [0.2, 0.25) is 0 Å². The number of rotatable bonds is 3. The Hall–Kier alpha value is -1.82. The molecule has 16 heavy (non-hydrogen) atoms. The van der Waals surface area contributed by atoms with E-state index in [4.69, 9.17) is 22.7 Å². The third-order valence-electron chi connectivity index (χ3n) is 1.67. The first-order valence-corrected chi connectivity index (χ1v) is 5.13. The predicted octanol–water partition coefficient (Wildman–Crippen LogP) is 1.91. The van der Waals surface area contributed by atoms with Gasteiger partial charge in [-0.3, -0.25) is 5.32 Å². The molecule has 6 heteroatoms. The van der Waals surface area contributed by atoms with Crippen molar-refractivity contribution < 1.29 is 9.53 Å². The van der Waals surface area contributed by atoms with E-state index >= 15 is 0 Å². The van der Waals surface area contributed by atoms with Crippen molar-refractivity contribution in [3.8, 4) is 0 Å². The lowest BCUT2D eigenvalue weighted by molar-refractivity contribution is 0.168. The van der Waals surface area contributed by atoms with E-state index in [9.17, 15) is 4.79 Å². The van der Waals surface area contributed by atoms with Crippen LogP contribution in [0.3, 0.4) is 0 Å². The van der Waals surface area contributed by atoms with E-state index in [0.29, 0.717) is 12.3 Å². The van der Waals surface area contributed by atoms with Crippen LogP contribution in [0.2, 0.25) is 0 Å². The standard InChI is InChI=1S/C10H13N3O2S/c1-2-15-10(14)13-8-5-3-7(4-6-8)12-9(11)16/h3-6H,2H2,1H3,(H,13,14)(H3,11,12,16). The van der Waals surface area contributed by atoms with Gasteiger partial charge in [-0.1, -0.05) is 0 Å². The number of carbonyl (C=O) groups is 1. The smallest absolute Gasteiger partial charge is 0.411 e. The van der Waals surface area contributed by atoms with Crippen LogP contribution in [0.15, 0.2) is 24.3 Å². The van der Waals surface area contributed by atoms with Gasteiger partial charge in [-0.05, 0) is 43.4 Å². The number of hydrogen-bond acceptors (Lipinski definition) is 3. The Bertz CT molecular complexity index is 378. The third-order valence-corrected chi connectivity index (χ3v) is 1.78. The minimum Gasteiger partial charge on any atom is -0.450 e. The lowest BCUT2D eigenvalue weighted by atomic mass is 10.3. The first-order chi connectivity index (χ1) is 7.61. The molecule has 0 saturated carbocycles. The van der Waals surface area contributed by atoms with Crippen molar-refractivity contribution in [2.45, 2.75) is 6.92 Å². The summed E-state index contributed by atoms with van der Waals surface area (Å²) in [4.78, 5) is 11.1.